The van der Waals surface area contributed by atoms with Crippen molar-refractivity contribution in [3.05, 3.63) is 63.7 Å². The molecule has 0 N–H and O–H groups in total. The van der Waals surface area contributed by atoms with Crippen molar-refractivity contribution in [2.45, 2.75) is 36.6 Å². The minimum atomic E-state index is -4.10. The molecule has 0 spiro atoms. The van der Waals surface area contributed by atoms with Crippen LogP contribution in [0.3, 0.4) is 0 Å². The van der Waals surface area contributed by atoms with Crippen LogP contribution in [0.25, 0.3) is 10.9 Å². The van der Waals surface area contributed by atoms with Gasteiger partial charge in [0.05, 0.1) is 21.5 Å². The minimum absolute atomic E-state index is 0.0342. The van der Waals surface area contributed by atoms with Gasteiger partial charge in [-0.1, -0.05) is 18.5 Å². The molecule has 1 saturated heterocycles. The number of pyridine rings is 1. The van der Waals surface area contributed by atoms with Crippen LogP contribution in [0.2, 0.25) is 5.02 Å². The van der Waals surface area contributed by atoms with Crippen LogP contribution in [-0.2, 0) is 16.4 Å². The summed E-state index contributed by atoms with van der Waals surface area (Å²) in [6.07, 6.45) is 2.43. The molecule has 0 amide bonds. The molecule has 2 heterocycles. The van der Waals surface area contributed by atoms with Gasteiger partial charge in [0.15, 0.2) is 0 Å². The average Bonchev–Trinajstić information content (AvgIpc) is 2.80. The molecule has 1 aliphatic heterocycles. The number of hydrogen-bond acceptors (Lipinski definition) is 5. The predicted octanol–water partition coefficient (Wildman–Crippen LogP) is 4.18. The first-order valence-corrected chi connectivity index (χ1v) is 13.0. The topological polar surface area (TPSA) is 62.6 Å². The summed E-state index contributed by atoms with van der Waals surface area (Å²) in [5.74, 6) is -0.521. The Morgan fingerprint density at radius 1 is 1.03 bits per heavy atom. The number of aromatic nitrogens is 1. The number of sulfone groups is 1. The summed E-state index contributed by atoms with van der Waals surface area (Å²) < 4.78 is 43.3. The normalized spacial score (nSPS) is 15.3. The first kappa shape index (κ1) is 23.7. The number of hydrogen-bond donors (Lipinski definition) is 0. The Labute approximate surface area is 198 Å². The van der Waals surface area contributed by atoms with Gasteiger partial charge in [0.25, 0.3) is 0 Å². The smallest absolute Gasteiger partial charge is 0.211 e. The summed E-state index contributed by atoms with van der Waals surface area (Å²) in [6, 6.07) is 8.49. The maximum absolute atomic E-state index is 15.2. The van der Waals surface area contributed by atoms with Gasteiger partial charge in [-0.05, 0) is 56.3 Å². The lowest BCUT2D eigenvalue weighted by Gasteiger charge is -2.36. The molecule has 1 aliphatic rings. The van der Waals surface area contributed by atoms with Gasteiger partial charge in [-0.2, -0.15) is 0 Å². The Balaban J connectivity index is 1.80. The van der Waals surface area contributed by atoms with Crippen LogP contribution in [0.4, 0.5) is 10.1 Å². The van der Waals surface area contributed by atoms with Crippen molar-refractivity contribution < 1.29 is 12.8 Å². The van der Waals surface area contributed by atoms with E-state index in [2.05, 4.69) is 11.8 Å². The summed E-state index contributed by atoms with van der Waals surface area (Å²) in [6.45, 7) is 8.54. The Hall–Kier alpha value is -2.42. The number of anilines is 1. The molecule has 4 rings (SSSR count). The van der Waals surface area contributed by atoms with Gasteiger partial charge in [-0.3, -0.25) is 9.69 Å². The Morgan fingerprint density at radius 3 is 2.30 bits per heavy atom. The molecule has 0 radical (unpaired) electrons. The summed E-state index contributed by atoms with van der Waals surface area (Å²) in [7, 11) is -4.10. The van der Waals surface area contributed by atoms with Crippen LogP contribution in [0.5, 0.6) is 0 Å². The molecule has 6 nitrogen and oxygen atoms in total. The number of benzene rings is 2. The largest absolute Gasteiger partial charge is 0.367 e. The van der Waals surface area contributed by atoms with E-state index in [0.29, 0.717) is 35.9 Å². The highest BCUT2D eigenvalue weighted by Crippen LogP contribution is 2.28. The first-order chi connectivity index (χ1) is 15.8. The summed E-state index contributed by atoms with van der Waals surface area (Å²) in [5.41, 5.74) is 0.251. The van der Waals surface area contributed by atoms with Crippen molar-refractivity contribution in [1.29, 1.82) is 0 Å². The van der Waals surface area contributed by atoms with Gasteiger partial charge < -0.3 is 9.47 Å². The number of rotatable bonds is 6. The molecule has 3 aromatic rings. The fourth-order valence-corrected chi connectivity index (χ4v) is 5.83. The van der Waals surface area contributed by atoms with Gasteiger partial charge in [0, 0.05) is 43.9 Å². The van der Waals surface area contributed by atoms with E-state index in [4.69, 9.17) is 11.6 Å². The van der Waals surface area contributed by atoms with E-state index in [0.717, 1.165) is 26.1 Å². The van der Waals surface area contributed by atoms with E-state index in [9.17, 15) is 13.2 Å². The molecule has 1 aromatic heterocycles. The van der Waals surface area contributed by atoms with Crippen molar-refractivity contribution >= 4 is 38.0 Å². The lowest BCUT2D eigenvalue weighted by Crippen LogP contribution is -2.46. The van der Waals surface area contributed by atoms with Gasteiger partial charge in [-0.15, -0.1) is 0 Å². The van der Waals surface area contributed by atoms with Gasteiger partial charge in [0.1, 0.15) is 10.7 Å². The van der Waals surface area contributed by atoms with E-state index in [1.54, 1.807) is 10.6 Å². The van der Waals surface area contributed by atoms with Crippen LogP contribution in [0.1, 0.15) is 20.3 Å². The number of halogens is 2. The van der Waals surface area contributed by atoms with Crippen LogP contribution >= 0.6 is 11.6 Å². The van der Waals surface area contributed by atoms with Crippen molar-refractivity contribution in [3.8, 4) is 0 Å². The number of nitrogens with zero attached hydrogens (tertiary/aromatic N) is 3. The highest BCUT2D eigenvalue weighted by Gasteiger charge is 2.26. The maximum Gasteiger partial charge on any atom is 0.211 e. The van der Waals surface area contributed by atoms with Crippen LogP contribution in [0.15, 0.2) is 57.2 Å². The molecule has 176 valence electrons. The van der Waals surface area contributed by atoms with E-state index < -0.39 is 21.1 Å². The molecular formula is C24H27ClFN3O3S. The van der Waals surface area contributed by atoms with Crippen molar-refractivity contribution in [1.82, 2.24) is 9.47 Å². The SMILES string of the molecule is CCCN1CCN(c2cc3c(cc2F)c(=O)c(S(=O)(=O)c2ccc(Cl)cc2)cn3CC)CC1. The zero-order valence-corrected chi connectivity index (χ0v) is 20.3. The molecule has 33 heavy (non-hydrogen) atoms. The molecule has 0 bridgehead atoms. The molecule has 0 saturated carbocycles. The second-order valence-corrected chi connectivity index (χ2v) is 10.6. The second kappa shape index (κ2) is 9.44. The Morgan fingerprint density at radius 2 is 1.70 bits per heavy atom. The highest BCUT2D eigenvalue weighted by molar-refractivity contribution is 7.91. The quantitative estimate of drug-likeness (QED) is 0.517. The zero-order chi connectivity index (χ0) is 23.8. The Bertz CT molecular complexity index is 1330. The van der Waals surface area contributed by atoms with Crippen LogP contribution < -0.4 is 10.3 Å². The third-order valence-electron chi connectivity index (χ3n) is 6.12. The van der Waals surface area contributed by atoms with Gasteiger partial charge in [-0.25, -0.2) is 12.8 Å². The Kier molecular flexibility index (Phi) is 6.79. The van der Waals surface area contributed by atoms with Crippen LogP contribution in [0, 0.1) is 5.82 Å². The summed E-state index contributed by atoms with van der Waals surface area (Å²) >= 11 is 5.88. The standard InChI is InChI=1S/C24H27ClFN3O3S/c1-3-9-27-10-12-29(13-11-27)22-15-21-19(14-20(22)26)24(30)23(16-28(21)4-2)33(31,32)18-7-5-17(25)6-8-18/h5-8,14-16H,3-4,9-13H2,1-2H3. The second-order valence-electron chi connectivity index (χ2n) is 8.22. The van der Waals surface area contributed by atoms with Crippen molar-refractivity contribution in [3.63, 3.8) is 0 Å². The molecule has 2 aromatic carbocycles. The zero-order valence-electron chi connectivity index (χ0n) is 18.7. The molecule has 0 atom stereocenters. The summed E-state index contributed by atoms with van der Waals surface area (Å²) in [5, 5.41) is 0.446. The summed E-state index contributed by atoms with van der Waals surface area (Å²) in [4.78, 5) is 17.2. The first-order valence-electron chi connectivity index (χ1n) is 11.1. The van der Waals surface area contributed by atoms with Gasteiger partial charge >= 0.3 is 0 Å². The highest BCUT2D eigenvalue weighted by atomic mass is 35.5. The number of piperazine rings is 1. The van der Waals surface area contributed by atoms with Gasteiger partial charge in [0.2, 0.25) is 15.3 Å². The maximum atomic E-state index is 15.2. The van der Waals surface area contributed by atoms with E-state index >= 15 is 4.39 Å². The lowest BCUT2D eigenvalue weighted by molar-refractivity contribution is 0.258. The minimum Gasteiger partial charge on any atom is -0.367 e. The fourth-order valence-electron chi connectivity index (χ4n) is 4.34. The van der Waals surface area contributed by atoms with Crippen molar-refractivity contribution in [2.75, 3.05) is 37.6 Å². The number of aryl methyl sites for hydroxylation is 1. The van der Waals surface area contributed by atoms with E-state index in [1.807, 2.05) is 11.8 Å². The average molecular weight is 492 g/mol. The van der Waals surface area contributed by atoms with E-state index in [1.165, 1.54) is 36.5 Å². The number of fused-ring (bicyclic) bond motifs is 1. The van der Waals surface area contributed by atoms with Crippen LogP contribution in [-0.4, -0.2) is 50.6 Å². The molecule has 9 heteroatoms. The third-order valence-corrected chi connectivity index (χ3v) is 8.14. The van der Waals surface area contributed by atoms with E-state index in [-0.39, 0.29) is 15.2 Å². The lowest BCUT2D eigenvalue weighted by atomic mass is 10.1. The molecular weight excluding hydrogens is 465 g/mol. The van der Waals surface area contributed by atoms with Crippen molar-refractivity contribution in [2.24, 2.45) is 0 Å². The monoisotopic (exact) mass is 491 g/mol. The molecule has 0 aliphatic carbocycles. The fraction of sp³-hybridized carbons (Fsp3) is 0.375. The third kappa shape index (κ3) is 4.52. The molecule has 0 unspecified atom stereocenters. The predicted molar refractivity (Wildman–Crippen MR) is 130 cm³/mol. The molecule has 1 fully saturated rings.